The average Bonchev–Trinajstić information content (AvgIpc) is 2.66. The number of nitrogens with zero attached hydrogens (tertiary/aromatic N) is 2. The van der Waals surface area contributed by atoms with Crippen LogP contribution in [-0.4, -0.2) is 15.6 Å². The summed E-state index contributed by atoms with van der Waals surface area (Å²) < 4.78 is 14.8. The molecule has 0 spiro atoms. The van der Waals surface area contributed by atoms with Gasteiger partial charge in [0.1, 0.15) is 5.82 Å². The van der Waals surface area contributed by atoms with Crippen molar-refractivity contribution in [2.45, 2.75) is 33.7 Å². The predicted octanol–water partition coefficient (Wildman–Crippen LogP) is 3.74. The summed E-state index contributed by atoms with van der Waals surface area (Å²) in [4.78, 5) is 12.4. The van der Waals surface area contributed by atoms with Gasteiger partial charge in [0.05, 0.1) is 22.8 Å². The van der Waals surface area contributed by atoms with Crippen LogP contribution in [0.4, 0.5) is 4.39 Å². The van der Waals surface area contributed by atoms with Gasteiger partial charge in [-0.3, -0.25) is 9.48 Å². The van der Waals surface area contributed by atoms with Gasteiger partial charge in [-0.25, -0.2) is 4.39 Å². The number of ketones is 1. The quantitative estimate of drug-likeness (QED) is 0.805. The zero-order chi connectivity index (χ0) is 14.9. The van der Waals surface area contributed by atoms with E-state index in [0.717, 1.165) is 0 Å². The highest BCUT2D eigenvalue weighted by molar-refractivity contribution is 6.32. The van der Waals surface area contributed by atoms with Crippen LogP contribution in [0.1, 0.15) is 34.2 Å². The standard InChI is InChI=1S/C15H16ClFN2O/c1-4-19-13(15(16)10(3)18-19)8-14(20)12-6-5-11(17)7-9(12)2/h5-7H,4,8H2,1-3H3. The van der Waals surface area contributed by atoms with Crippen molar-refractivity contribution in [3.63, 3.8) is 0 Å². The van der Waals surface area contributed by atoms with Crippen molar-refractivity contribution in [3.8, 4) is 0 Å². The maximum absolute atomic E-state index is 13.1. The minimum Gasteiger partial charge on any atom is -0.294 e. The Morgan fingerprint density at radius 1 is 1.40 bits per heavy atom. The summed E-state index contributed by atoms with van der Waals surface area (Å²) in [7, 11) is 0. The molecule has 0 N–H and O–H groups in total. The van der Waals surface area contributed by atoms with Crippen LogP contribution in [0.15, 0.2) is 18.2 Å². The number of carbonyl (C=O) groups is 1. The van der Waals surface area contributed by atoms with Crippen LogP contribution in [0.2, 0.25) is 5.02 Å². The van der Waals surface area contributed by atoms with Crippen LogP contribution in [-0.2, 0) is 13.0 Å². The first-order chi connectivity index (χ1) is 9.43. The van der Waals surface area contributed by atoms with E-state index in [1.165, 1.54) is 18.2 Å². The van der Waals surface area contributed by atoms with Crippen molar-refractivity contribution >= 4 is 17.4 Å². The summed E-state index contributed by atoms with van der Waals surface area (Å²) in [6.45, 7) is 6.13. The van der Waals surface area contributed by atoms with Crippen molar-refractivity contribution in [2.24, 2.45) is 0 Å². The monoisotopic (exact) mass is 294 g/mol. The van der Waals surface area contributed by atoms with Crippen molar-refractivity contribution in [3.05, 3.63) is 51.6 Å². The van der Waals surface area contributed by atoms with E-state index in [1.807, 2.05) is 13.8 Å². The maximum atomic E-state index is 13.1. The number of aryl methyl sites for hydroxylation is 3. The molecule has 0 unspecified atom stereocenters. The molecule has 1 aromatic carbocycles. The fourth-order valence-electron chi connectivity index (χ4n) is 2.23. The molecule has 2 aromatic rings. The zero-order valence-corrected chi connectivity index (χ0v) is 12.5. The third-order valence-electron chi connectivity index (χ3n) is 3.27. The van der Waals surface area contributed by atoms with Gasteiger partial charge in [0.25, 0.3) is 0 Å². The Morgan fingerprint density at radius 3 is 2.70 bits per heavy atom. The molecule has 0 bridgehead atoms. The first kappa shape index (κ1) is 14.7. The van der Waals surface area contributed by atoms with Crippen molar-refractivity contribution < 1.29 is 9.18 Å². The normalized spacial score (nSPS) is 10.8. The van der Waals surface area contributed by atoms with E-state index >= 15 is 0 Å². The van der Waals surface area contributed by atoms with Crippen LogP contribution in [0.5, 0.6) is 0 Å². The molecule has 0 radical (unpaired) electrons. The Bertz CT molecular complexity index is 664. The van der Waals surface area contributed by atoms with Gasteiger partial charge in [0.15, 0.2) is 5.78 Å². The fraction of sp³-hybridized carbons (Fsp3) is 0.333. The van der Waals surface area contributed by atoms with Crippen LogP contribution in [0.25, 0.3) is 0 Å². The molecule has 5 heteroatoms. The lowest BCUT2D eigenvalue weighted by Gasteiger charge is -2.07. The lowest BCUT2D eigenvalue weighted by Crippen LogP contribution is -2.11. The lowest BCUT2D eigenvalue weighted by molar-refractivity contribution is 0.0990. The second kappa shape index (κ2) is 5.75. The Hall–Kier alpha value is -1.68. The number of halogens is 2. The molecule has 0 saturated heterocycles. The average molecular weight is 295 g/mol. The number of hydrogen-bond acceptors (Lipinski definition) is 2. The molecular formula is C15H16ClFN2O. The fourth-order valence-corrected chi connectivity index (χ4v) is 2.43. The summed E-state index contributed by atoms with van der Waals surface area (Å²) in [6.07, 6.45) is 0.167. The third-order valence-corrected chi connectivity index (χ3v) is 3.76. The van der Waals surface area contributed by atoms with Crippen molar-refractivity contribution in [1.82, 2.24) is 9.78 Å². The molecule has 0 aliphatic rings. The molecule has 106 valence electrons. The van der Waals surface area contributed by atoms with Gasteiger partial charge in [0, 0.05) is 12.1 Å². The number of rotatable bonds is 4. The van der Waals surface area contributed by atoms with Crippen molar-refractivity contribution in [1.29, 1.82) is 0 Å². The van der Waals surface area contributed by atoms with E-state index in [2.05, 4.69) is 5.10 Å². The lowest BCUT2D eigenvalue weighted by atomic mass is 10.0. The molecular weight excluding hydrogens is 279 g/mol. The Balaban J connectivity index is 2.32. The highest BCUT2D eigenvalue weighted by atomic mass is 35.5. The molecule has 1 heterocycles. The first-order valence-electron chi connectivity index (χ1n) is 6.45. The van der Waals surface area contributed by atoms with Gasteiger partial charge in [-0.15, -0.1) is 0 Å². The molecule has 0 saturated carbocycles. The third kappa shape index (κ3) is 2.75. The molecule has 0 amide bonds. The van der Waals surface area contributed by atoms with Gasteiger partial charge < -0.3 is 0 Å². The molecule has 0 atom stereocenters. The van der Waals surface area contributed by atoms with E-state index in [-0.39, 0.29) is 18.0 Å². The van der Waals surface area contributed by atoms with Gasteiger partial charge in [-0.05, 0) is 44.5 Å². The number of benzene rings is 1. The number of aromatic nitrogens is 2. The van der Waals surface area contributed by atoms with Crippen LogP contribution < -0.4 is 0 Å². The molecule has 3 nitrogen and oxygen atoms in total. The van der Waals surface area contributed by atoms with Crippen LogP contribution >= 0.6 is 11.6 Å². The number of carbonyl (C=O) groups excluding carboxylic acids is 1. The summed E-state index contributed by atoms with van der Waals surface area (Å²) in [5.41, 5.74) is 2.57. The second-order valence-electron chi connectivity index (χ2n) is 4.72. The van der Waals surface area contributed by atoms with Gasteiger partial charge in [-0.2, -0.15) is 5.10 Å². The molecule has 20 heavy (non-hydrogen) atoms. The van der Waals surface area contributed by atoms with Crippen LogP contribution in [0.3, 0.4) is 0 Å². The first-order valence-corrected chi connectivity index (χ1v) is 6.83. The summed E-state index contributed by atoms with van der Waals surface area (Å²) in [6, 6.07) is 4.17. The van der Waals surface area contributed by atoms with Gasteiger partial charge in [0.2, 0.25) is 0 Å². The van der Waals surface area contributed by atoms with Gasteiger partial charge >= 0.3 is 0 Å². The summed E-state index contributed by atoms with van der Waals surface area (Å²) in [5.74, 6) is -0.425. The summed E-state index contributed by atoms with van der Waals surface area (Å²) >= 11 is 6.19. The van der Waals surface area contributed by atoms with E-state index in [4.69, 9.17) is 11.6 Å². The largest absolute Gasteiger partial charge is 0.294 e. The highest BCUT2D eigenvalue weighted by Crippen LogP contribution is 2.22. The molecule has 0 aliphatic carbocycles. The topological polar surface area (TPSA) is 34.9 Å². The van der Waals surface area contributed by atoms with E-state index in [9.17, 15) is 9.18 Å². The molecule has 0 fully saturated rings. The SMILES string of the molecule is CCn1nc(C)c(Cl)c1CC(=O)c1ccc(F)cc1C. The smallest absolute Gasteiger partial charge is 0.169 e. The molecule has 1 aromatic heterocycles. The van der Waals surface area contributed by atoms with Crippen LogP contribution in [0, 0.1) is 19.7 Å². The Morgan fingerprint density at radius 2 is 2.10 bits per heavy atom. The Kier molecular flexibility index (Phi) is 4.23. The minimum atomic E-state index is -0.341. The van der Waals surface area contributed by atoms with E-state index < -0.39 is 0 Å². The zero-order valence-electron chi connectivity index (χ0n) is 11.7. The maximum Gasteiger partial charge on any atom is 0.169 e. The van der Waals surface area contributed by atoms with Gasteiger partial charge in [-0.1, -0.05) is 11.6 Å². The number of hydrogen-bond donors (Lipinski definition) is 0. The van der Waals surface area contributed by atoms with E-state index in [0.29, 0.717) is 34.1 Å². The molecule has 2 rings (SSSR count). The molecule has 0 aliphatic heterocycles. The minimum absolute atomic E-state index is 0.0843. The predicted molar refractivity (Wildman–Crippen MR) is 76.8 cm³/mol. The summed E-state index contributed by atoms with van der Waals surface area (Å²) in [5, 5.41) is 4.81. The second-order valence-corrected chi connectivity index (χ2v) is 5.10. The highest BCUT2D eigenvalue weighted by Gasteiger charge is 2.18. The van der Waals surface area contributed by atoms with E-state index in [1.54, 1.807) is 11.6 Å². The number of Topliss-reactive ketones (excluding diaryl/α,β-unsaturated/α-hetero) is 1. The Labute approximate surface area is 122 Å². The van der Waals surface area contributed by atoms with Crippen molar-refractivity contribution in [2.75, 3.05) is 0 Å².